The van der Waals surface area contributed by atoms with Crippen LogP contribution in [0.4, 0.5) is 5.69 Å². The van der Waals surface area contributed by atoms with Crippen molar-refractivity contribution in [3.63, 3.8) is 0 Å². The number of para-hydroxylation sites is 2. The van der Waals surface area contributed by atoms with Crippen LogP contribution in [0.1, 0.15) is 10.4 Å². The van der Waals surface area contributed by atoms with Gasteiger partial charge in [-0.25, -0.2) is 4.98 Å². The van der Waals surface area contributed by atoms with Crippen molar-refractivity contribution in [3.8, 4) is 22.5 Å². The van der Waals surface area contributed by atoms with Gasteiger partial charge in [0.1, 0.15) is 12.1 Å². The number of aromatic amines is 1. The molecule has 0 saturated heterocycles. The van der Waals surface area contributed by atoms with Gasteiger partial charge in [0, 0.05) is 11.3 Å². The van der Waals surface area contributed by atoms with Crippen LogP contribution in [0.2, 0.25) is 0 Å². The highest BCUT2D eigenvalue weighted by Gasteiger charge is 2.09. The fraction of sp³-hybridized carbons (Fsp3) is 0. The van der Waals surface area contributed by atoms with E-state index in [1.54, 1.807) is 6.07 Å². The number of amides is 1. The van der Waals surface area contributed by atoms with Crippen LogP contribution >= 0.6 is 0 Å². The summed E-state index contributed by atoms with van der Waals surface area (Å²) in [5.74, 6) is 0.629. The number of nitrogens with zero attached hydrogens (tertiary/aromatic N) is 1. The minimum absolute atomic E-state index is 0.202. The summed E-state index contributed by atoms with van der Waals surface area (Å²) in [5, 5.41) is 2.90. The van der Waals surface area contributed by atoms with Crippen molar-refractivity contribution in [3.05, 3.63) is 97.0 Å². The molecule has 0 bridgehead atoms. The Kier molecular flexibility index (Phi) is 4.18. The highest BCUT2D eigenvalue weighted by atomic mass is 16.3. The molecule has 0 radical (unpaired) electrons. The number of hydrogen-bond acceptors (Lipinski definition) is 3. The van der Waals surface area contributed by atoms with Crippen molar-refractivity contribution >= 4 is 22.6 Å². The average Bonchev–Trinajstić information content (AvgIpc) is 3.44. The molecule has 0 aliphatic rings. The van der Waals surface area contributed by atoms with E-state index in [-0.39, 0.29) is 5.91 Å². The van der Waals surface area contributed by atoms with Crippen molar-refractivity contribution in [2.45, 2.75) is 0 Å². The Labute approximate surface area is 167 Å². The van der Waals surface area contributed by atoms with E-state index in [1.807, 2.05) is 66.7 Å². The van der Waals surface area contributed by atoms with Crippen LogP contribution in [0.25, 0.3) is 33.5 Å². The van der Waals surface area contributed by atoms with E-state index in [2.05, 4.69) is 21.4 Å². The van der Waals surface area contributed by atoms with Crippen LogP contribution in [0.5, 0.6) is 0 Å². The summed E-state index contributed by atoms with van der Waals surface area (Å²) in [6.07, 6.45) is 2.91. The second-order valence-corrected chi connectivity index (χ2v) is 6.73. The third kappa shape index (κ3) is 3.41. The van der Waals surface area contributed by atoms with E-state index in [1.165, 1.54) is 12.5 Å². The predicted molar refractivity (Wildman–Crippen MR) is 114 cm³/mol. The highest BCUT2D eigenvalue weighted by Crippen LogP contribution is 2.28. The number of carbonyl (C=O) groups is 1. The first-order chi connectivity index (χ1) is 14.3. The molecule has 2 heterocycles. The van der Waals surface area contributed by atoms with Crippen LogP contribution < -0.4 is 5.32 Å². The summed E-state index contributed by atoms with van der Waals surface area (Å²) in [6, 6.07) is 25.6. The third-order valence-electron chi connectivity index (χ3n) is 4.76. The molecule has 29 heavy (non-hydrogen) atoms. The molecule has 1 amide bonds. The lowest BCUT2D eigenvalue weighted by atomic mass is 10.0. The van der Waals surface area contributed by atoms with Gasteiger partial charge in [-0.1, -0.05) is 42.5 Å². The highest BCUT2D eigenvalue weighted by molar-refractivity contribution is 6.04. The number of hydrogen-bond donors (Lipinski definition) is 2. The summed E-state index contributed by atoms with van der Waals surface area (Å²) in [7, 11) is 0. The van der Waals surface area contributed by atoms with Crippen LogP contribution in [-0.4, -0.2) is 15.9 Å². The monoisotopic (exact) mass is 379 g/mol. The zero-order valence-corrected chi connectivity index (χ0v) is 15.4. The lowest BCUT2D eigenvalue weighted by molar-refractivity contribution is 0.102. The van der Waals surface area contributed by atoms with Crippen molar-refractivity contribution in [2.75, 3.05) is 5.32 Å². The number of imidazole rings is 1. The number of rotatable bonds is 4. The second-order valence-electron chi connectivity index (χ2n) is 6.73. The van der Waals surface area contributed by atoms with Gasteiger partial charge in [-0.3, -0.25) is 4.79 Å². The fourth-order valence-electron chi connectivity index (χ4n) is 3.31. The summed E-state index contributed by atoms with van der Waals surface area (Å²) in [5.41, 5.74) is 6.22. The van der Waals surface area contributed by atoms with Crippen LogP contribution in [-0.2, 0) is 0 Å². The zero-order chi connectivity index (χ0) is 19.6. The summed E-state index contributed by atoms with van der Waals surface area (Å²) < 4.78 is 4.97. The third-order valence-corrected chi connectivity index (χ3v) is 4.76. The van der Waals surface area contributed by atoms with E-state index in [9.17, 15) is 4.79 Å². The first-order valence-electron chi connectivity index (χ1n) is 9.25. The van der Waals surface area contributed by atoms with Gasteiger partial charge in [-0.2, -0.15) is 0 Å². The molecular formula is C24H17N3O2. The van der Waals surface area contributed by atoms with E-state index >= 15 is 0 Å². The molecule has 5 rings (SSSR count). The molecule has 0 spiro atoms. The quantitative estimate of drug-likeness (QED) is 0.418. The molecule has 0 unspecified atom stereocenters. The molecule has 0 fully saturated rings. The van der Waals surface area contributed by atoms with Crippen molar-refractivity contribution in [2.24, 2.45) is 0 Å². The van der Waals surface area contributed by atoms with Crippen molar-refractivity contribution in [1.29, 1.82) is 0 Å². The Morgan fingerprint density at radius 2 is 1.66 bits per heavy atom. The number of aromatic nitrogens is 2. The molecule has 0 saturated carbocycles. The number of anilines is 1. The Morgan fingerprint density at radius 3 is 2.48 bits per heavy atom. The number of nitrogens with one attached hydrogen (secondary N) is 2. The van der Waals surface area contributed by atoms with E-state index in [0.29, 0.717) is 5.56 Å². The molecule has 0 aliphatic carbocycles. The van der Waals surface area contributed by atoms with Crippen molar-refractivity contribution < 1.29 is 9.21 Å². The molecule has 0 atom stereocenters. The normalized spacial score (nSPS) is 10.9. The Morgan fingerprint density at radius 1 is 0.862 bits per heavy atom. The second kappa shape index (κ2) is 7.13. The standard InChI is InChI=1S/C24H17N3O2/c28-24(19-11-12-29-15-19)25-20-8-4-6-17(14-20)16-5-3-7-18(13-16)23-26-21-9-1-2-10-22(21)27-23/h1-15H,(H,25,28)(H,26,27). The lowest BCUT2D eigenvalue weighted by Crippen LogP contribution is -2.10. The number of fused-ring (bicyclic) bond motifs is 1. The molecule has 3 aromatic carbocycles. The maximum atomic E-state index is 12.3. The van der Waals surface area contributed by atoms with Gasteiger partial charge in [-0.05, 0) is 47.5 Å². The number of carbonyl (C=O) groups excluding carboxylic acids is 1. The summed E-state index contributed by atoms with van der Waals surface area (Å²) in [6.45, 7) is 0. The van der Waals surface area contributed by atoms with E-state index < -0.39 is 0 Å². The SMILES string of the molecule is O=C(Nc1cccc(-c2cccc(-c3nc4ccccc4[nH]3)c2)c1)c1ccoc1. The maximum Gasteiger partial charge on any atom is 0.258 e. The number of H-pyrrole nitrogens is 1. The van der Waals surface area contributed by atoms with Crippen LogP contribution in [0, 0.1) is 0 Å². The lowest BCUT2D eigenvalue weighted by Gasteiger charge is -2.08. The Balaban J connectivity index is 1.45. The zero-order valence-electron chi connectivity index (χ0n) is 15.4. The molecule has 5 aromatic rings. The van der Waals surface area contributed by atoms with Gasteiger partial charge in [0.05, 0.1) is 22.9 Å². The van der Waals surface area contributed by atoms with E-state index in [0.717, 1.165) is 39.2 Å². The Hall–Kier alpha value is -4.12. The van der Waals surface area contributed by atoms with Gasteiger partial charge in [-0.15, -0.1) is 0 Å². The molecular weight excluding hydrogens is 362 g/mol. The molecule has 0 aliphatic heterocycles. The average molecular weight is 379 g/mol. The molecule has 2 N–H and O–H groups in total. The van der Waals surface area contributed by atoms with Crippen molar-refractivity contribution in [1.82, 2.24) is 9.97 Å². The minimum Gasteiger partial charge on any atom is -0.472 e. The smallest absolute Gasteiger partial charge is 0.258 e. The largest absolute Gasteiger partial charge is 0.472 e. The molecule has 140 valence electrons. The molecule has 2 aromatic heterocycles. The van der Waals surface area contributed by atoms with Gasteiger partial charge < -0.3 is 14.7 Å². The first-order valence-corrected chi connectivity index (χ1v) is 9.25. The predicted octanol–water partition coefficient (Wildman–Crippen LogP) is 5.74. The van der Waals surface area contributed by atoms with Gasteiger partial charge in [0.2, 0.25) is 0 Å². The van der Waals surface area contributed by atoms with E-state index in [4.69, 9.17) is 4.42 Å². The van der Waals surface area contributed by atoms with Crippen LogP contribution in [0.3, 0.4) is 0 Å². The topological polar surface area (TPSA) is 70.9 Å². The van der Waals surface area contributed by atoms with Crippen LogP contribution in [0.15, 0.2) is 95.8 Å². The molecule has 5 heteroatoms. The van der Waals surface area contributed by atoms with Gasteiger partial charge in [0.25, 0.3) is 5.91 Å². The first kappa shape index (κ1) is 17.0. The number of furan rings is 1. The number of benzene rings is 3. The molecule has 5 nitrogen and oxygen atoms in total. The van der Waals surface area contributed by atoms with Gasteiger partial charge >= 0.3 is 0 Å². The summed E-state index contributed by atoms with van der Waals surface area (Å²) in [4.78, 5) is 20.3. The fourth-order valence-corrected chi connectivity index (χ4v) is 3.31. The minimum atomic E-state index is -0.202. The van der Waals surface area contributed by atoms with Gasteiger partial charge in [0.15, 0.2) is 0 Å². The summed E-state index contributed by atoms with van der Waals surface area (Å²) >= 11 is 0. The maximum absolute atomic E-state index is 12.3. The Bertz CT molecular complexity index is 1270.